The largest absolute Gasteiger partial charge is 0.309 e. The molecule has 13 rings (SSSR count). The van der Waals surface area contributed by atoms with Crippen molar-refractivity contribution < 1.29 is 0 Å². The summed E-state index contributed by atoms with van der Waals surface area (Å²) in [5, 5.41) is 7.99. The van der Waals surface area contributed by atoms with Gasteiger partial charge in [0.2, 0.25) is 5.95 Å². The minimum Gasteiger partial charge on any atom is -0.309 e. The molecule has 0 N–H and O–H groups in total. The first-order chi connectivity index (χ1) is 31.3. The smallest absolute Gasteiger partial charge is 0.238 e. The van der Waals surface area contributed by atoms with Gasteiger partial charge < -0.3 is 4.57 Å². The summed E-state index contributed by atoms with van der Waals surface area (Å²) < 4.78 is 2.45. The molecule has 2 aromatic heterocycles. The first-order valence-electron chi connectivity index (χ1n) is 21.5. The van der Waals surface area contributed by atoms with Crippen LogP contribution in [-0.2, 0) is 0 Å². The number of rotatable bonds is 5. The second-order valence-electron chi connectivity index (χ2n) is 16.3. The molecule has 2 aliphatic rings. The molecule has 0 saturated carbocycles. The quantitative estimate of drug-likeness (QED) is 0.162. The van der Waals surface area contributed by atoms with Crippen molar-refractivity contribution in [1.29, 1.82) is 0 Å². The summed E-state index contributed by atoms with van der Waals surface area (Å²) in [4.78, 5) is 17.9. The molecule has 0 aliphatic carbocycles. The van der Waals surface area contributed by atoms with Crippen LogP contribution in [0.5, 0.6) is 0 Å². The summed E-state index contributed by atoms with van der Waals surface area (Å²) >= 11 is 0. The van der Waals surface area contributed by atoms with Crippen LogP contribution in [0.2, 0.25) is 0 Å². The molecule has 0 bridgehead atoms. The Bertz CT molecular complexity index is 3460. The molecule has 0 amide bonds. The lowest BCUT2D eigenvalue weighted by molar-refractivity contribution is 1.02. The lowest BCUT2D eigenvalue weighted by Gasteiger charge is -2.42. The minimum absolute atomic E-state index is 0.592. The fourth-order valence-corrected chi connectivity index (χ4v) is 16.0. The predicted molar refractivity (Wildman–Crippen MR) is 261 cm³/mol. The molecule has 4 heterocycles. The van der Waals surface area contributed by atoms with E-state index in [2.05, 4.69) is 198 Å². The maximum absolute atomic E-state index is 5.30. The van der Waals surface area contributed by atoms with Crippen LogP contribution in [0.4, 0.5) is 17.3 Å². The van der Waals surface area contributed by atoms with Crippen molar-refractivity contribution in [3.8, 4) is 50.7 Å². The zero-order chi connectivity index (χ0) is 41.5. The van der Waals surface area contributed by atoms with Gasteiger partial charge in [0.1, 0.15) is 0 Å². The summed E-state index contributed by atoms with van der Waals surface area (Å²) in [6, 6.07) is 81.1. The van der Waals surface area contributed by atoms with Crippen molar-refractivity contribution in [2.45, 2.75) is 0 Å². The Morgan fingerprint density at radius 2 is 0.857 bits per heavy atom. The third kappa shape index (κ3) is 5.19. The fourth-order valence-electron chi connectivity index (χ4n) is 10.5. The summed E-state index contributed by atoms with van der Waals surface area (Å²) in [6.45, 7) is 0. The van der Waals surface area contributed by atoms with Crippen molar-refractivity contribution in [3.05, 3.63) is 224 Å². The van der Waals surface area contributed by atoms with E-state index in [9.17, 15) is 0 Å². The molecule has 2 aliphatic heterocycles. The topological polar surface area (TPSA) is 46.8 Å². The highest BCUT2D eigenvalue weighted by Crippen LogP contribution is 2.45. The Morgan fingerprint density at radius 3 is 1.49 bits per heavy atom. The van der Waals surface area contributed by atoms with E-state index in [-0.39, 0.29) is 0 Å². The molecule has 0 unspecified atom stereocenters. The lowest BCUT2D eigenvalue weighted by Crippen LogP contribution is -2.75. The Hall–Kier alpha value is -8.19. The second kappa shape index (κ2) is 13.9. The maximum atomic E-state index is 5.30. The highest BCUT2D eigenvalue weighted by molar-refractivity contribution is 7.23. The van der Waals surface area contributed by atoms with E-state index in [1.807, 2.05) is 36.4 Å². The van der Waals surface area contributed by atoms with Crippen molar-refractivity contribution in [3.63, 3.8) is 0 Å². The van der Waals surface area contributed by atoms with E-state index in [0.717, 1.165) is 28.2 Å². The fraction of sp³-hybridized carbons (Fsp3) is 0. The summed E-state index contributed by atoms with van der Waals surface area (Å²) in [6.07, 6.45) is 0. The van der Waals surface area contributed by atoms with E-state index < -0.39 is 8.07 Å². The highest BCUT2D eigenvalue weighted by Gasteiger charge is 2.54. The normalized spacial score (nSPS) is 13.2. The number of aromatic nitrogens is 4. The molecule has 11 aromatic rings. The van der Waals surface area contributed by atoms with Gasteiger partial charge in [0.15, 0.2) is 19.7 Å². The van der Waals surface area contributed by atoms with Gasteiger partial charge in [0.05, 0.1) is 11.0 Å². The SMILES string of the molecule is c1ccc(-c2ccc(-n3c4ccccc4c4c5c(ccc43)[Si]3(c4ccccc4-5)c4ccccc4N(c4nc(-c5ccccc5)nc(-c5ccccc5)n4)c4ccccc43)cc2)cc1. The molecule has 63 heavy (non-hydrogen) atoms. The number of fused-ring (bicyclic) bond motifs is 13. The van der Waals surface area contributed by atoms with Gasteiger partial charge in [-0.05, 0) is 79.4 Å². The second-order valence-corrected chi connectivity index (χ2v) is 20.0. The summed E-state index contributed by atoms with van der Waals surface area (Å²) in [5.41, 5.74) is 12.7. The zero-order valence-electron chi connectivity index (χ0n) is 34.1. The summed E-state index contributed by atoms with van der Waals surface area (Å²) in [5.74, 6) is 1.86. The van der Waals surface area contributed by atoms with Gasteiger partial charge in [0.25, 0.3) is 0 Å². The van der Waals surface area contributed by atoms with Crippen molar-refractivity contribution in [2.75, 3.05) is 4.90 Å². The van der Waals surface area contributed by atoms with Crippen LogP contribution in [0.15, 0.2) is 224 Å². The Labute approximate surface area is 365 Å². The van der Waals surface area contributed by atoms with E-state index in [1.54, 1.807) is 0 Å². The van der Waals surface area contributed by atoms with Crippen LogP contribution in [0, 0.1) is 0 Å². The predicted octanol–water partition coefficient (Wildman–Crippen LogP) is 11.1. The molecule has 0 atom stereocenters. The molecular formula is C57H37N5Si. The maximum Gasteiger partial charge on any atom is 0.238 e. The molecule has 0 fully saturated rings. The van der Waals surface area contributed by atoms with Crippen LogP contribution >= 0.6 is 0 Å². The average Bonchev–Trinajstić information content (AvgIpc) is 3.86. The van der Waals surface area contributed by atoms with Gasteiger partial charge in [0, 0.05) is 39.0 Å². The van der Waals surface area contributed by atoms with E-state index >= 15 is 0 Å². The number of hydrogen-bond donors (Lipinski definition) is 0. The van der Waals surface area contributed by atoms with Gasteiger partial charge in [-0.3, -0.25) is 4.90 Å². The highest BCUT2D eigenvalue weighted by atomic mass is 28.3. The minimum atomic E-state index is -2.97. The first kappa shape index (κ1) is 35.6. The van der Waals surface area contributed by atoms with Crippen LogP contribution in [-0.4, -0.2) is 27.6 Å². The van der Waals surface area contributed by atoms with Crippen molar-refractivity contribution >= 4 is 67.9 Å². The molecule has 5 nitrogen and oxygen atoms in total. The van der Waals surface area contributed by atoms with Crippen LogP contribution in [0.25, 0.3) is 72.5 Å². The van der Waals surface area contributed by atoms with Crippen LogP contribution in [0.1, 0.15) is 0 Å². The Balaban J connectivity index is 1.07. The van der Waals surface area contributed by atoms with Crippen molar-refractivity contribution in [1.82, 2.24) is 19.5 Å². The molecular weight excluding hydrogens is 783 g/mol. The number of hydrogen-bond acceptors (Lipinski definition) is 4. The van der Waals surface area contributed by atoms with Gasteiger partial charge in [-0.2, -0.15) is 9.97 Å². The molecule has 294 valence electrons. The average molecular weight is 820 g/mol. The van der Waals surface area contributed by atoms with Gasteiger partial charge in [-0.1, -0.05) is 188 Å². The van der Waals surface area contributed by atoms with E-state index in [0.29, 0.717) is 17.6 Å². The van der Waals surface area contributed by atoms with Crippen LogP contribution < -0.4 is 25.6 Å². The third-order valence-electron chi connectivity index (χ3n) is 13.1. The van der Waals surface area contributed by atoms with Gasteiger partial charge in [-0.25, -0.2) is 4.98 Å². The molecule has 6 heteroatoms. The lowest BCUT2D eigenvalue weighted by atomic mass is 9.99. The standard InChI is InChI=1S/C57H37N5Si/c1-4-18-38(19-5-1)39-32-34-42(35-33-39)61-45-26-12-10-24-43(45)53-48(61)36-37-52-54(53)44-25-11-15-29-49(44)63(52)50-30-16-13-27-46(50)62(47-28-14-17-31-51(47)63)57-59-55(40-20-6-2-7-21-40)58-56(60-57)41-22-8-3-9-23-41/h1-37H. The Kier molecular flexibility index (Phi) is 7.86. The molecule has 9 aromatic carbocycles. The van der Waals surface area contributed by atoms with Gasteiger partial charge >= 0.3 is 0 Å². The number of nitrogens with zero attached hydrogens (tertiary/aromatic N) is 5. The zero-order valence-corrected chi connectivity index (χ0v) is 35.1. The summed E-state index contributed by atoms with van der Waals surface area (Å²) in [7, 11) is -2.97. The van der Waals surface area contributed by atoms with Crippen LogP contribution in [0.3, 0.4) is 0 Å². The number of para-hydroxylation sites is 3. The third-order valence-corrected chi connectivity index (χ3v) is 18.0. The molecule has 0 radical (unpaired) electrons. The van der Waals surface area contributed by atoms with E-state index in [1.165, 1.54) is 64.8 Å². The number of anilines is 3. The monoisotopic (exact) mass is 819 g/mol. The van der Waals surface area contributed by atoms with Crippen molar-refractivity contribution in [2.24, 2.45) is 0 Å². The van der Waals surface area contributed by atoms with E-state index in [4.69, 9.17) is 15.0 Å². The first-order valence-corrected chi connectivity index (χ1v) is 23.5. The number of benzene rings is 9. The molecule has 0 saturated heterocycles. The van der Waals surface area contributed by atoms with Gasteiger partial charge in [-0.15, -0.1) is 0 Å². The molecule has 1 spiro atoms. The Morgan fingerprint density at radius 1 is 0.349 bits per heavy atom.